The van der Waals surface area contributed by atoms with E-state index in [4.69, 9.17) is 10.8 Å². The SMILES string of the molecule is CC(=N)/C=C\C(C)=N. The molecule has 44 valence electrons. The summed E-state index contributed by atoms with van der Waals surface area (Å²) in [5, 5.41) is 13.8. The minimum Gasteiger partial charge on any atom is -0.306 e. The molecule has 0 atom stereocenters. The second kappa shape index (κ2) is 3.13. The molecule has 0 aromatic rings. The summed E-state index contributed by atoms with van der Waals surface area (Å²) >= 11 is 0. The number of hydrogen-bond donors (Lipinski definition) is 2. The van der Waals surface area contributed by atoms with E-state index in [2.05, 4.69) is 0 Å². The Morgan fingerprint density at radius 2 is 1.25 bits per heavy atom. The molecule has 0 aromatic heterocycles. The van der Waals surface area contributed by atoms with Gasteiger partial charge in [0.15, 0.2) is 0 Å². The van der Waals surface area contributed by atoms with Crippen molar-refractivity contribution in [3.63, 3.8) is 0 Å². The molecule has 2 N–H and O–H groups in total. The van der Waals surface area contributed by atoms with Crippen molar-refractivity contribution in [1.82, 2.24) is 0 Å². The smallest absolute Gasteiger partial charge is 0.0283 e. The predicted octanol–water partition coefficient (Wildman–Crippen LogP) is 1.62. The van der Waals surface area contributed by atoms with Crippen LogP contribution in [0.5, 0.6) is 0 Å². The summed E-state index contributed by atoms with van der Waals surface area (Å²) in [5.41, 5.74) is 0.966. The van der Waals surface area contributed by atoms with E-state index in [1.807, 2.05) is 0 Å². The minimum atomic E-state index is 0.483. The van der Waals surface area contributed by atoms with Gasteiger partial charge in [0.25, 0.3) is 0 Å². The molecule has 0 amide bonds. The van der Waals surface area contributed by atoms with Gasteiger partial charge in [0.1, 0.15) is 0 Å². The van der Waals surface area contributed by atoms with Gasteiger partial charge in [0.05, 0.1) is 0 Å². The number of nitrogens with one attached hydrogen (secondary N) is 2. The van der Waals surface area contributed by atoms with Crippen LogP contribution in [0.4, 0.5) is 0 Å². The van der Waals surface area contributed by atoms with E-state index in [1.165, 1.54) is 0 Å². The van der Waals surface area contributed by atoms with Crippen LogP contribution >= 0.6 is 0 Å². The monoisotopic (exact) mass is 110 g/mol. The van der Waals surface area contributed by atoms with Crippen molar-refractivity contribution >= 4 is 11.4 Å². The first-order chi connectivity index (χ1) is 3.63. The molecule has 0 aliphatic heterocycles. The van der Waals surface area contributed by atoms with Crippen LogP contribution in [0.25, 0.3) is 0 Å². The fourth-order valence-electron chi connectivity index (χ4n) is 0.250. The highest BCUT2D eigenvalue weighted by molar-refractivity contribution is 5.98. The lowest BCUT2D eigenvalue weighted by atomic mass is 10.3. The third kappa shape index (κ3) is 5.08. The topological polar surface area (TPSA) is 47.7 Å². The van der Waals surface area contributed by atoms with Gasteiger partial charge in [-0.3, -0.25) is 0 Å². The normalized spacial score (nSPS) is 9.75. The Kier molecular flexibility index (Phi) is 2.77. The standard InChI is InChI=1S/C6H10N2/c1-5(7)3-4-6(2)8/h3-4,7-8H,1-2H3/b4-3-,7-5?,8-6?. The second-order valence-electron chi connectivity index (χ2n) is 1.70. The third-order valence-corrected chi connectivity index (χ3v) is 0.583. The van der Waals surface area contributed by atoms with Crippen LogP contribution in [0, 0.1) is 10.8 Å². The minimum absolute atomic E-state index is 0.483. The first-order valence-corrected chi connectivity index (χ1v) is 2.41. The maximum Gasteiger partial charge on any atom is 0.0283 e. The average Bonchev–Trinajstić information content (AvgIpc) is 1.61. The molecule has 0 heterocycles. The largest absolute Gasteiger partial charge is 0.306 e. The molecule has 0 saturated heterocycles. The second-order valence-corrected chi connectivity index (χ2v) is 1.70. The molecule has 0 fully saturated rings. The number of rotatable bonds is 2. The maximum atomic E-state index is 6.90. The Morgan fingerprint density at radius 1 is 1.00 bits per heavy atom. The number of allylic oxidation sites excluding steroid dienone is 2. The summed E-state index contributed by atoms with van der Waals surface area (Å²) in [5.74, 6) is 0. The zero-order valence-electron chi connectivity index (χ0n) is 5.15. The van der Waals surface area contributed by atoms with Gasteiger partial charge < -0.3 is 10.8 Å². The van der Waals surface area contributed by atoms with Crippen LogP contribution in [0.3, 0.4) is 0 Å². The Balaban J connectivity index is 3.67. The first kappa shape index (κ1) is 7.08. The van der Waals surface area contributed by atoms with Gasteiger partial charge in [-0.1, -0.05) is 0 Å². The first-order valence-electron chi connectivity index (χ1n) is 2.41. The van der Waals surface area contributed by atoms with E-state index < -0.39 is 0 Å². The Morgan fingerprint density at radius 3 is 1.38 bits per heavy atom. The highest BCUT2D eigenvalue weighted by atomic mass is 14.4. The lowest BCUT2D eigenvalue weighted by molar-refractivity contribution is 1.48. The molecule has 0 rings (SSSR count). The molecule has 0 saturated carbocycles. The van der Waals surface area contributed by atoms with Crippen LogP contribution < -0.4 is 0 Å². The van der Waals surface area contributed by atoms with Crippen LogP contribution in [0.1, 0.15) is 13.8 Å². The van der Waals surface area contributed by atoms with Gasteiger partial charge in [0, 0.05) is 11.4 Å². The molecular weight excluding hydrogens is 100 g/mol. The molecule has 0 radical (unpaired) electrons. The Hall–Kier alpha value is -0.920. The quantitative estimate of drug-likeness (QED) is 0.507. The Labute approximate surface area is 49.2 Å². The molecule has 0 bridgehead atoms. The highest BCUT2D eigenvalue weighted by Crippen LogP contribution is 1.76. The Bertz CT molecular complexity index is 117. The molecule has 0 spiro atoms. The average molecular weight is 110 g/mol. The lowest BCUT2D eigenvalue weighted by Crippen LogP contribution is -1.83. The van der Waals surface area contributed by atoms with E-state index in [0.717, 1.165) is 0 Å². The van der Waals surface area contributed by atoms with Crippen molar-refractivity contribution < 1.29 is 0 Å². The molecular formula is C6H10N2. The van der Waals surface area contributed by atoms with Gasteiger partial charge >= 0.3 is 0 Å². The summed E-state index contributed by atoms with van der Waals surface area (Å²) in [6.45, 7) is 3.36. The van der Waals surface area contributed by atoms with E-state index in [9.17, 15) is 0 Å². The van der Waals surface area contributed by atoms with E-state index in [-0.39, 0.29) is 0 Å². The van der Waals surface area contributed by atoms with Crippen molar-refractivity contribution in [3.05, 3.63) is 12.2 Å². The van der Waals surface area contributed by atoms with Crippen LogP contribution in [-0.2, 0) is 0 Å². The molecule has 0 aliphatic carbocycles. The number of hydrogen-bond acceptors (Lipinski definition) is 2. The van der Waals surface area contributed by atoms with Crippen molar-refractivity contribution in [2.75, 3.05) is 0 Å². The van der Waals surface area contributed by atoms with Crippen molar-refractivity contribution in [2.45, 2.75) is 13.8 Å². The van der Waals surface area contributed by atoms with Gasteiger partial charge in [-0.2, -0.15) is 0 Å². The lowest BCUT2D eigenvalue weighted by Gasteiger charge is -1.81. The molecule has 8 heavy (non-hydrogen) atoms. The van der Waals surface area contributed by atoms with Gasteiger partial charge in [-0.05, 0) is 26.0 Å². The van der Waals surface area contributed by atoms with Crippen molar-refractivity contribution in [2.24, 2.45) is 0 Å². The van der Waals surface area contributed by atoms with Crippen LogP contribution in [-0.4, -0.2) is 11.4 Å². The summed E-state index contributed by atoms with van der Waals surface area (Å²) < 4.78 is 0. The zero-order chi connectivity index (χ0) is 6.57. The van der Waals surface area contributed by atoms with E-state index in [0.29, 0.717) is 11.4 Å². The molecule has 0 unspecified atom stereocenters. The summed E-state index contributed by atoms with van der Waals surface area (Å²) in [7, 11) is 0. The summed E-state index contributed by atoms with van der Waals surface area (Å²) in [4.78, 5) is 0. The molecule has 2 heteroatoms. The summed E-state index contributed by atoms with van der Waals surface area (Å²) in [6.07, 6.45) is 3.20. The van der Waals surface area contributed by atoms with Gasteiger partial charge in [-0.15, -0.1) is 0 Å². The fraction of sp³-hybridized carbons (Fsp3) is 0.333. The van der Waals surface area contributed by atoms with Crippen molar-refractivity contribution in [3.8, 4) is 0 Å². The predicted molar refractivity (Wildman–Crippen MR) is 35.9 cm³/mol. The zero-order valence-corrected chi connectivity index (χ0v) is 5.15. The molecule has 0 aliphatic rings. The molecule has 2 nitrogen and oxygen atoms in total. The van der Waals surface area contributed by atoms with Gasteiger partial charge in [-0.25, -0.2) is 0 Å². The fourth-order valence-corrected chi connectivity index (χ4v) is 0.250. The molecule has 0 aromatic carbocycles. The van der Waals surface area contributed by atoms with Crippen molar-refractivity contribution in [1.29, 1.82) is 10.8 Å². The maximum absolute atomic E-state index is 6.90. The third-order valence-electron chi connectivity index (χ3n) is 0.583. The summed E-state index contributed by atoms with van der Waals surface area (Å²) in [6, 6.07) is 0. The van der Waals surface area contributed by atoms with Crippen LogP contribution in [0.15, 0.2) is 12.2 Å². The highest BCUT2D eigenvalue weighted by Gasteiger charge is 1.76. The van der Waals surface area contributed by atoms with Gasteiger partial charge in [0.2, 0.25) is 0 Å². The van der Waals surface area contributed by atoms with E-state index >= 15 is 0 Å². The van der Waals surface area contributed by atoms with Crippen LogP contribution in [0.2, 0.25) is 0 Å². The van der Waals surface area contributed by atoms with E-state index in [1.54, 1.807) is 26.0 Å².